The summed E-state index contributed by atoms with van der Waals surface area (Å²) in [7, 11) is 0. The van der Waals surface area contributed by atoms with E-state index >= 15 is 0 Å². The number of aromatic amines is 1. The largest absolute Gasteiger partial charge is 0.461 e. The van der Waals surface area contributed by atoms with Crippen molar-refractivity contribution in [2.75, 3.05) is 6.61 Å². The molecule has 0 aliphatic rings. The number of hydrogen-bond donors (Lipinski definition) is 1. The number of aromatic nitrogens is 4. The Morgan fingerprint density at radius 2 is 2.38 bits per heavy atom. The molecule has 1 N–H and O–H groups in total. The summed E-state index contributed by atoms with van der Waals surface area (Å²) in [6.45, 7) is 3.61. The molecule has 7 nitrogen and oxygen atoms in total. The lowest BCUT2D eigenvalue weighted by molar-refractivity contribution is 0.0519. The molecule has 2 aromatic rings. The van der Waals surface area contributed by atoms with Gasteiger partial charge < -0.3 is 4.74 Å². The minimum atomic E-state index is -0.609. The smallest absolute Gasteiger partial charge is 0.357 e. The number of ether oxygens (including phenoxy) is 1. The SMILES string of the molecule is CCOC(=O)c1cc(=O)n2[nH]nc(C)c2n1. The molecule has 0 bridgehead atoms. The van der Waals surface area contributed by atoms with Gasteiger partial charge in [0.2, 0.25) is 0 Å². The first-order valence-electron chi connectivity index (χ1n) is 4.75. The summed E-state index contributed by atoms with van der Waals surface area (Å²) in [5.41, 5.74) is 0.476. The monoisotopic (exact) mass is 222 g/mol. The average molecular weight is 222 g/mol. The lowest BCUT2D eigenvalue weighted by Crippen LogP contribution is -2.19. The fraction of sp³-hybridized carbons (Fsp3) is 0.333. The number of esters is 1. The number of nitrogens with zero attached hydrogens (tertiary/aromatic N) is 3. The van der Waals surface area contributed by atoms with Crippen LogP contribution in [0.1, 0.15) is 23.1 Å². The topological polar surface area (TPSA) is 89.4 Å². The number of aryl methyl sites for hydroxylation is 1. The highest BCUT2D eigenvalue weighted by Crippen LogP contribution is 2.02. The molecule has 0 radical (unpaired) electrons. The van der Waals surface area contributed by atoms with Crippen molar-refractivity contribution in [1.29, 1.82) is 0 Å². The van der Waals surface area contributed by atoms with Gasteiger partial charge in [-0.2, -0.15) is 9.61 Å². The van der Waals surface area contributed by atoms with E-state index in [1.807, 2.05) is 0 Å². The van der Waals surface area contributed by atoms with Gasteiger partial charge in [0.05, 0.1) is 6.61 Å². The van der Waals surface area contributed by atoms with Crippen molar-refractivity contribution in [3.63, 3.8) is 0 Å². The average Bonchev–Trinajstić information content (AvgIpc) is 2.61. The van der Waals surface area contributed by atoms with Crippen LogP contribution in [0.25, 0.3) is 5.65 Å². The molecule has 84 valence electrons. The van der Waals surface area contributed by atoms with Crippen LogP contribution in [-0.2, 0) is 4.74 Å². The quantitative estimate of drug-likeness (QED) is 0.717. The van der Waals surface area contributed by atoms with Crippen molar-refractivity contribution in [2.24, 2.45) is 0 Å². The molecule has 0 aromatic carbocycles. The molecule has 0 saturated heterocycles. The Bertz CT molecular complexity index is 598. The minimum Gasteiger partial charge on any atom is -0.461 e. The second kappa shape index (κ2) is 3.76. The van der Waals surface area contributed by atoms with Gasteiger partial charge in [-0.1, -0.05) is 0 Å². The molecular formula is C9H10N4O3. The predicted octanol–water partition coefficient (Wildman–Crippen LogP) is -0.0973. The van der Waals surface area contributed by atoms with E-state index in [4.69, 9.17) is 4.74 Å². The van der Waals surface area contributed by atoms with Crippen LogP contribution in [-0.4, -0.2) is 32.4 Å². The van der Waals surface area contributed by atoms with Gasteiger partial charge in [-0.25, -0.2) is 15.0 Å². The summed E-state index contributed by atoms with van der Waals surface area (Å²) in [4.78, 5) is 27.0. The van der Waals surface area contributed by atoms with E-state index in [2.05, 4.69) is 15.3 Å². The molecule has 0 amide bonds. The van der Waals surface area contributed by atoms with Crippen molar-refractivity contribution >= 4 is 11.6 Å². The Morgan fingerprint density at radius 3 is 3.06 bits per heavy atom. The molecule has 0 fully saturated rings. The Kier molecular flexibility index (Phi) is 2.43. The third-order valence-electron chi connectivity index (χ3n) is 2.04. The molecule has 0 unspecified atom stereocenters. The molecule has 2 rings (SSSR count). The Labute approximate surface area is 90.0 Å². The van der Waals surface area contributed by atoms with Crippen molar-refractivity contribution in [2.45, 2.75) is 13.8 Å². The maximum absolute atomic E-state index is 11.6. The third kappa shape index (κ3) is 1.56. The predicted molar refractivity (Wildman–Crippen MR) is 54.3 cm³/mol. The molecule has 7 heteroatoms. The van der Waals surface area contributed by atoms with Gasteiger partial charge in [0.25, 0.3) is 5.56 Å². The van der Waals surface area contributed by atoms with Gasteiger partial charge in [-0.15, -0.1) is 0 Å². The van der Waals surface area contributed by atoms with Crippen molar-refractivity contribution in [1.82, 2.24) is 19.8 Å². The summed E-state index contributed by atoms with van der Waals surface area (Å²) in [5, 5.41) is 6.32. The summed E-state index contributed by atoms with van der Waals surface area (Å²) in [6, 6.07) is 1.11. The zero-order valence-electron chi connectivity index (χ0n) is 8.85. The van der Waals surface area contributed by atoms with Crippen LogP contribution in [0.2, 0.25) is 0 Å². The molecule has 2 aromatic heterocycles. The zero-order chi connectivity index (χ0) is 11.7. The van der Waals surface area contributed by atoms with Crippen LogP contribution in [0.5, 0.6) is 0 Å². The molecule has 0 aliphatic carbocycles. The molecule has 0 aliphatic heterocycles. The van der Waals surface area contributed by atoms with Crippen LogP contribution in [0, 0.1) is 6.92 Å². The highest BCUT2D eigenvalue weighted by Gasteiger charge is 2.13. The van der Waals surface area contributed by atoms with Crippen LogP contribution < -0.4 is 5.56 Å². The fourth-order valence-electron chi connectivity index (χ4n) is 1.31. The summed E-state index contributed by atoms with van der Waals surface area (Å²) < 4.78 is 5.93. The molecule has 0 spiro atoms. The number of carbonyl (C=O) groups excluding carboxylic acids is 1. The van der Waals surface area contributed by atoms with E-state index in [1.54, 1.807) is 13.8 Å². The normalized spacial score (nSPS) is 10.6. The maximum Gasteiger partial charge on any atom is 0.357 e. The second-order valence-electron chi connectivity index (χ2n) is 3.16. The zero-order valence-corrected chi connectivity index (χ0v) is 8.85. The number of hydrogen-bond acceptors (Lipinski definition) is 5. The van der Waals surface area contributed by atoms with Gasteiger partial charge in [-0.3, -0.25) is 4.79 Å². The van der Waals surface area contributed by atoms with Gasteiger partial charge in [0.1, 0.15) is 5.69 Å². The first kappa shape index (κ1) is 10.3. The van der Waals surface area contributed by atoms with Crippen molar-refractivity contribution in [3.05, 3.63) is 27.8 Å². The Balaban J connectivity index is 2.61. The lowest BCUT2D eigenvalue weighted by Gasteiger charge is -2.00. The van der Waals surface area contributed by atoms with Gasteiger partial charge in [-0.05, 0) is 13.8 Å². The summed E-state index contributed by atoms with van der Waals surface area (Å²) >= 11 is 0. The van der Waals surface area contributed by atoms with E-state index < -0.39 is 11.5 Å². The lowest BCUT2D eigenvalue weighted by atomic mass is 10.4. The van der Waals surface area contributed by atoms with Crippen LogP contribution in [0.15, 0.2) is 10.9 Å². The van der Waals surface area contributed by atoms with Crippen LogP contribution in [0.3, 0.4) is 0 Å². The number of carbonyl (C=O) groups is 1. The number of fused-ring (bicyclic) bond motifs is 1. The molecule has 0 saturated carbocycles. The number of rotatable bonds is 2. The van der Waals surface area contributed by atoms with Gasteiger partial charge >= 0.3 is 5.97 Å². The maximum atomic E-state index is 11.6. The van der Waals surface area contributed by atoms with E-state index in [1.165, 1.54) is 0 Å². The van der Waals surface area contributed by atoms with E-state index in [0.29, 0.717) is 11.3 Å². The molecule has 2 heterocycles. The standard InChI is InChI=1S/C9H10N4O3/c1-3-16-9(15)6-4-7(14)13-8(10-6)5(2)11-12-13/h4,12H,3H2,1-2H3. The van der Waals surface area contributed by atoms with Gasteiger partial charge in [0.15, 0.2) is 11.3 Å². The first-order chi connectivity index (χ1) is 7.63. The number of nitrogens with one attached hydrogen (secondary N) is 1. The van der Waals surface area contributed by atoms with Crippen molar-refractivity contribution in [3.8, 4) is 0 Å². The third-order valence-corrected chi connectivity index (χ3v) is 2.04. The minimum absolute atomic E-state index is 0.00338. The highest BCUT2D eigenvalue weighted by atomic mass is 16.5. The Morgan fingerprint density at radius 1 is 1.62 bits per heavy atom. The van der Waals surface area contributed by atoms with Crippen molar-refractivity contribution < 1.29 is 9.53 Å². The Hall–Kier alpha value is -2.18. The van der Waals surface area contributed by atoms with E-state index in [9.17, 15) is 9.59 Å². The van der Waals surface area contributed by atoms with Gasteiger partial charge in [0, 0.05) is 6.07 Å². The second-order valence-corrected chi connectivity index (χ2v) is 3.16. The highest BCUT2D eigenvalue weighted by molar-refractivity contribution is 5.87. The number of H-pyrrole nitrogens is 1. The summed E-state index contributed by atoms with van der Waals surface area (Å²) in [5.74, 6) is -0.609. The fourth-order valence-corrected chi connectivity index (χ4v) is 1.31. The van der Waals surface area contributed by atoms with Crippen LogP contribution in [0.4, 0.5) is 0 Å². The molecule has 0 atom stereocenters. The first-order valence-corrected chi connectivity index (χ1v) is 4.75. The van der Waals surface area contributed by atoms with E-state index in [-0.39, 0.29) is 12.3 Å². The van der Waals surface area contributed by atoms with E-state index in [0.717, 1.165) is 10.6 Å². The summed E-state index contributed by atoms with van der Waals surface area (Å²) in [6.07, 6.45) is 0. The van der Waals surface area contributed by atoms with Crippen LogP contribution >= 0.6 is 0 Å². The molecule has 16 heavy (non-hydrogen) atoms. The molecular weight excluding hydrogens is 212 g/mol.